The Bertz CT molecular complexity index is 4100. The van der Waals surface area contributed by atoms with Crippen molar-refractivity contribution in [3.63, 3.8) is 0 Å². The van der Waals surface area contributed by atoms with Gasteiger partial charge in [-0.1, -0.05) is 182 Å². The summed E-state index contributed by atoms with van der Waals surface area (Å²) in [5.41, 5.74) is 2.08. The van der Waals surface area contributed by atoms with Crippen LogP contribution in [0.15, 0.2) is 200 Å². The molecule has 0 N–H and O–H groups in total. The molecule has 0 unspecified atom stereocenters. The normalized spacial score (nSPS) is 15.6. The Morgan fingerprint density at radius 3 is 1.50 bits per heavy atom. The average Bonchev–Trinajstić information content (AvgIpc) is 3.92. The maximum atomic E-state index is 9.71. The van der Waals surface area contributed by atoms with Gasteiger partial charge in [-0.25, -0.2) is 4.98 Å². The number of aromatic nitrogens is 5. The lowest BCUT2D eigenvalue weighted by molar-refractivity contribution is 0.953. The first kappa shape index (κ1) is 19.6. The molecule has 11 rings (SSSR count). The van der Waals surface area contributed by atoms with E-state index in [1.54, 1.807) is 28.8 Å². The quantitative estimate of drug-likeness (QED) is 0.171. The van der Waals surface area contributed by atoms with Crippen LogP contribution in [-0.2, 0) is 0 Å². The average molecular weight is 732 g/mol. The van der Waals surface area contributed by atoms with Crippen molar-refractivity contribution >= 4 is 43.6 Å². The molecule has 8 aromatic carbocycles. The second kappa shape index (κ2) is 13.0. The van der Waals surface area contributed by atoms with Crippen LogP contribution in [0, 0.1) is 0 Å². The van der Waals surface area contributed by atoms with Gasteiger partial charge in [-0.15, -0.1) is 0 Å². The first-order chi connectivity index (χ1) is 34.5. The van der Waals surface area contributed by atoms with Gasteiger partial charge >= 0.3 is 0 Å². The SMILES string of the molecule is [2H]c1c([2H])c([2H])c(-c2nc(-c3c([2H])c([2H])c(-c4c([2H])c([2H])c([2H])c([2H])c4[2H])c([2H])c3[2H])nc(-n3c4ccccc4c4c([2H])c([2H])c5c6ccccc6n(-c6ccccc6-c6ccccc6)c5c43)n2)c([2H])c1[2H]. The van der Waals surface area contributed by atoms with Gasteiger partial charge in [0.15, 0.2) is 11.6 Å². The number of benzene rings is 8. The van der Waals surface area contributed by atoms with Gasteiger partial charge in [0.1, 0.15) is 0 Å². The lowest BCUT2D eigenvalue weighted by Crippen LogP contribution is -2.07. The minimum absolute atomic E-state index is 0.0773. The highest BCUT2D eigenvalue weighted by Crippen LogP contribution is 2.43. The van der Waals surface area contributed by atoms with Crippen molar-refractivity contribution in [2.24, 2.45) is 0 Å². The smallest absolute Gasteiger partial charge is 0.238 e. The second-order valence-electron chi connectivity index (χ2n) is 12.8. The Labute approximate surface area is 345 Å². The van der Waals surface area contributed by atoms with Gasteiger partial charge < -0.3 is 4.57 Å². The first-order valence-corrected chi connectivity index (χ1v) is 17.6. The molecule has 0 aliphatic carbocycles. The van der Waals surface area contributed by atoms with E-state index in [4.69, 9.17) is 23.7 Å². The van der Waals surface area contributed by atoms with Gasteiger partial charge in [-0.2, -0.15) is 9.97 Å². The van der Waals surface area contributed by atoms with Crippen molar-refractivity contribution in [2.45, 2.75) is 0 Å². The summed E-state index contributed by atoms with van der Waals surface area (Å²) in [5.74, 6) is -1.36. The Morgan fingerprint density at radius 2 is 0.839 bits per heavy atom. The molecule has 0 saturated carbocycles. The Hall–Kier alpha value is -7.63. The Balaban J connectivity index is 1.33. The van der Waals surface area contributed by atoms with Crippen LogP contribution < -0.4 is 0 Å². The molecular formula is C51H33N5. The third-order valence-corrected chi connectivity index (χ3v) is 9.66. The lowest BCUT2D eigenvalue weighted by atomic mass is 10.0. The van der Waals surface area contributed by atoms with E-state index in [-0.39, 0.29) is 18.0 Å². The molecule has 5 nitrogen and oxygen atoms in total. The zero-order valence-electron chi connectivity index (χ0n) is 45.1. The number of rotatable bonds is 6. The second-order valence-corrected chi connectivity index (χ2v) is 12.8. The molecule has 56 heavy (non-hydrogen) atoms. The molecule has 0 aliphatic heterocycles. The van der Waals surface area contributed by atoms with E-state index in [1.807, 2.05) is 83.4 Å². The van der Waals surface area contributed by atoms with Gasteiger partial charge in [0, 0.05) is 38.2 Å². The van der Waals surface area contributed by atoms with E-state index in [0.717, 1.165) is 11.1 Å². The summed E-state index contributed by atoms with van der Waals surface area (Å²) < 4.78 is 146. The monoisotopic (exact) mass is 731 g/mol. The fourth-order valence-electron chi connectivity index (χ4n) is 7.27. The van der Waals surface area contributed by atoms with Crippen molar-refractivity contribution in [1.29, 1.82) is 0 Å². The van der Waals surface area contributed by atoms with Gasteiger partial charge in [-0.3, -0.25) is 4.57 Å². The Morgan fingerprint density at radius 1 is 0.357 bits per heavy atom. The van der Waals surface area contributed by atoms with E-state index >= 15 is 0 Å². The highest BCUT2D eigenvalue weighted by Gasteiger charge is 2.24. The molecule has 3 heterocycles. The molecule has 0 spiro atoms. The van der Waals surface area contributed by atoms with Crippen molar-refractivity contribution in [3.8, 4) is 56.7 Å². The molecule has 262 valence electrons. The van der Waals surface area contributed by atoms with Crippen LogP contribution in [0.4, 0.5) is 0 Å². The molecule has 0 bridgehead atoms. The predicted octanol–water partition coefficient (Wildman–Crippen LogP) is 12.7. The topological polar surface area (TPSA) is 48.5 Å². The van der Waals surface area contributed by atoms with Crippen LogP contribution in [0.25, 0.3) is 100 Å². The van der Waals surface area contributed by atoms with Crippen LogP contribution >= 0.6 is 0 Å². The van der Waals surface area contributed by atoms with Crippen LogP contribution in [0.3, 0.4) is 0 Å². The summed E-state index contributed by atoms with van der Waals surface area (Å²) >= 11 is 0. The van der Waals surface area contributed by atoms with E-state index in [9.17, 15) is 8.22 Å². The number of fused-ring (bicyclic) bond motifs is 7. The van der Waals surface area contributed by atoms with Crippen LogP contribution in [0.1, 0.15) is 21.9 Å². The first-order valence-electron chi connectivity index (χ1n) is 25.6. The van der Waals surface area contributed by atoms with Gasteiger partial charge in [-0.05, 0) is 34.9 Å². The molecule has 0 atom stereocenters. The Kier molecular flexibility index (Phi) is 4.57. The third kappa shape index (κ3) is 5.13. The molecule has 11 aromatic rings. The number of hydrogen-bond acceptors (Lipinski definition) is 3. The van der Waals surface area contributed by atoms with Crippen molar-refractivity contribution < 1.29 is 21.9 Å². The van der Waals surface area contributed by atoms with E-state index in [1.165, 1.54) is 0 Å². The zero-order chi connectivity index (χ0) is 50.9. The molecule has 0 amide bonds. The number of nitrogens with zero attached hydrogens (tertiary/aromatic N) is 5. The summed E-state index contributed by atoms with van der Waals surface area (Å²) in [4.78, 5) is 14.3. The molecule has 3 aromatic heterocycles. The molecule has 5 heteroatoms. The highest BCUT2D eigenvalue weighted by atomic mass is 15.2. The van der Waals surface area contributed by atoms with Gasteiger partial charge in [0.05, 0.1) is 49.7 Å². The van der Waals surface area contributed by atoms with Crippen molar-refractivity contribution in [3.05, 3.63) is 200 Å². The van der Waals surface area contributed by atoms with Crippen LogP contribution in [0.2, 0.25) is 0 Å². The van der Waals surface area contributed by atoms with Crippen molar-refractivity contribution in [1.82, 2.24) is 24.1 Å². The summed E-state index contributed by atoms with van der Waals surface area (Å²) in [7, 11) is 0. The molecule has 0 radical (unpaired) electrons. The van der Waals surface area contributed by atoms with Gasteiger partial charge in [0.2, 0.25) is 5.95 Å². The summed E-state index contributed by atoms with van der Waals surface area (Å²) in [5, 5.41) is 1.84. The standard InChI is InChI=1S/C51H33N5/c1-4-16-34(17-5-1)35-28-30-38(31-29-35)50-52-49(37-20-8-3-9-21-37)53-51(54-50)56-46-27-15-12-24-41(46)43-33-32-42-40-23-11-14-26-45(40)55(47(42)48(43)56)44-25-13-10-22-39(44)36-18-6-2-7-19-36/h1-33H/i1D,3D,4D,5D,8D,9D,16D,17D,20D,21D,28D,29D,30D,31D,32D,33D. The minimum atomic E-state index is -0.808. The fraction of sp³-hybridized carbons (Fsp3) is 0. The summed E-state index contributed by atoms with van der Waals surface area (Å²) in [6.45, 7) is 0. The van der Waals surface area contributed by atoms with E-state index in [2.05, 4.69) is 4.98 Å². The maximum absolute atomic E-state index is 9.71. The minimum Gasteiger partial charge on any atom is -0.307 e. The fourth-order valence-corrected chi connectivity index (χ4v) is 7.27. The predicted molar refractivity (Wildman–Crippen MR) is 230 cm³/mol. The van der Waals surface area contributed by atoms with E-state index < -0.39 is 118 Å². The number of para-hydroxylation sites is 3. The van der Waals surface area contributed by atoms with Crippen molar-refractivity contribution in [2.75, 3.05) is 0 Å². The maximum Gasteiger partial charge on any atom is 0.238 e. The third-order valence-electron chi connectivity index (χ3n) is 9.66. The molecule has 0 fully saturated rings. The molecule has 0 saturated heterocycles. The zero-order valence-corrected chi connectivity index (χ0v) is 29.1. The van der Waals surface area contributed by atoms with E-state index in [0.29, 0.717) is 49.3 Å². The summed E-state index contributed by atoms with van der Waals surface area (Å²) in [6, 6.07) is 21.2. The highest BCUT2D eigenvalue weighted by molar-refractivity contribution is 6.24. The number of hydrogen-bond donors (Lipinski definition) is 0. The summed E-state index contributed by atoms with van der Waals surface area (Å²) in [6.07, 6.45) is 0. The molecular weight excluding hydrogens is 683 g/mol. The lowest BCUT2D eigenvalue weighted by Gasteiger charge is -2.16. The largest absolute Gasteiger partial charge is 0.307 e. The van der Waals surface area contributed by atoms with Gasteiger partial charge in [0.25, 0.3) is 0 Å². The molecule has 0 aliphatic rings. The van der Waals surface area contributed by atoms with Crippen LogP contribution in [-0.4, -0.2) is 24.1 Å². The van der Waals surface area contributed by atoms with Crippen LogP contribution in [0.5, 0.6) is 0 Å².